The van der Waals surface area contributed by atoms with E-state index < -0.39 is 5.97 Å². The lowest BCUT2D eigenvalue weighted by Gasteiger charge is -2.04. The Balaban J connectivity index is 4.96. The molecule has 0 saturated carbocycles. The predicted molar refractivity (Wildman–Crippen MR) is 49.9 cm³/mol. The van der Waals surface area contributed by atoms with Crippen molar-refractivity contribution in [3.63, 3.8) is 0 Å². The second-order valence-corrected chi connectivity index (χ2v) is 2.37. The number of aliphatic hydroxyl groups excluding tert-OH is 1. The van der Waals surface area contributed by atoms with Gasteiger partial charge in [0.25, 0.3) is 0 Å². The van der Waals surface area contributed by atoms with Gasteiger partial charge in [-0.05, 0) is 19.9 Å². The molecule has 0 fully saturated rings. The fraction of sp³-hybridized carbons (Fsp3) is 0.333. The number of aliphatic hydroxyl groups is 1. The average molecular weight is 183 g/mol. The third-order valence-corrected chi connectivity index (χ3v) is 1.35. The molecule has 0 bridgehead atoms. The van der Waals surface area contributed by atoms with Gasteiger partial charge in [-0.25, -0.2) is 4.79 Å². The lowest BCUT2D eigenvalue weighted by Crippen LogP contribution is -2.14. The fourth-order valence-electron chi connectivity index (χ4n) is 0.805. The number of allylic oxidation sites excluding steroid dienone is 3. The van der Waals surface area contributed by atoms with Crippen molar-refractivity contribution < 1.29 is 14.6 Å². The van der Waals surface area contributed by atoms with Crippen LogP contribution in [-0.4, -0.2) is 23.9 Å². The summed E-state index contributed by atoms with van der Waals surface area (Å²) < 4.78 is 4.41. The molecule has 0 aliphatic rings. The van der Waals surface area contributed by atoms with Gasteiger partial charge in [0.1, 0.15) is 11.3 Å². The molecule has 0 aliphatic heterocycles. The molecule has 4 nitrogen and oxygen atoms in total. The highest BCUT2D eigenvalue weighted by molar-refractivity contribution is 6.23. The average Bonchev–Trinajstić information content (AvgIpc) is 2.04. The van der Waals surface area contributed by atoms with Crippen molar-refractivity contribution in [3.8, 4) is 0 Å². The molecule has 0 saturated heterocycles. The number of carbonyl (C=O) groups excluding carboxylic acids is 1. The van der Waals surface area contributed by atoms with E-state index in [1.54, 1.807) is 13.0 Å². The smallest absolute Gasteiger partial charge is 0.343 e. The molecule has 0 rings (SSSR count). The number of carbonyl (C=O) groups is 1. The van der Waals surface area contributed by atoms with Crippen LogP contribution >= 0.6 is 0 Å². The van der Waals surface area contributed by atoms with Crippen LogP contribution in [0.5, 0.6) is 0 Å². The van der Waals surface area contributed by atoms with Crippen LogP contribution in [0, 0.1) is 5.41 Å². The summed E-state index contributed by atoms with van der Waals surface area (Å²) in [7, 11) is 1.20. The molecule has 2 N–H and O–H groups in total. The van der Waals surface area contributed by atoms with E-state index in [1.807, 2.05) is 0 Å². The maximum absolute atomic E-state index is 11.1. The first-order valence-electron chi connectivity index (χ1n) is 3.74. The summed E-state index contributed by atoms with van der Waals surface area (Å²) in [5, 5.41) is 16.5. The van der Waals surface area contributed by atoms with Gasteiger partial charge in [-0.15, -0.1) is 0 Å². The Morgan fingerprint density at radius 3 is 2.38 bits per heavy atom. The number of hydrogen-bond acceptors (Lipinski definition) is 4. The molecule has 0 atom stereocenters. The zero-order valence-electron chi connectivity index (χ0n) is 7.92. The van der Waals surface area contributed by atoms with Crippen molar-refractivity contribution in [3.05, 3.63) is 23.5 Å². The molecule has 0 aromatic heterocycles. The van der Waals surface area contributed by atoms with Crippen LogP contribution in [-0.2, 0) is 9.53 Å². The maximum atomic E-state index is 11.1. The van der Waals surface area contributed by atoms with Gasteiger partial charge in [-0.2, -0.15) is 0 Å². The number of methoxy groups -OCH3 is 1. The summed E-state index contributed by atoms with van der Waals surface area (Å²) in [6.45, 7) is 3.06. The summed E-state index contributed by atoms with van der Waals surface area (Å²) in [5.74, 6) is -0.918. The quantitative estimate of drug-likeness (QED) is 0.302. The van der Waals surface area contributed by atoms with Gasteiger partial charge in [0.15, 0.2) is 0 Å². The normalized spacial score (nSPS) is 12.5. The van der Waals surface area contributed by atoms with Crippen molar-refractivity contribution in [2.24, 2.45) is 0 Å². The van der Waals surface area contributed by atoms with Gasteiger partial charge in [0.05, 0.1) is 12.8 Å². The highest BCUT2D eigenvalue weighted by Crippen LogP contribution is 2.06. The molecule has 72 valence electrons. The van der Waals surface area contributed by atoms with Crippen molar-refractivity contribution in [1.82, 2.24) is 0 Å². The van der Waals surface area contributed by atoms with Crippen LogP contribution in [0.15, 0.2) is 23.5 Å². The van der Waals surface area contributed by atoms with E-state index in [4.69, 9.17) is 10.5 Å². The van der Waals surface area contributed by atoms with Gasteiger partial charge in [-0.1, -0.05) is 6.08 Å². The Morgan fingerprint density at radius 2 is 2.08 bits per heavy atom. The van der Waals surface area contributed by atoms with E-state index in [0.29, 0.717) is 0 Å². The number of hydrogen-bond donors (Lipinski definition) is 2. The van der Waals surface area contributed by atoms with Gasteiger partial charge in [-0.3, -0.25) is 5.41 Å². The Labute approximate surface area is 77.0 Å². The van der Waals surface area contributed by atoms with Gasteiger partial charge < -0.3 is 9.84 Å². The first-order chi connectivity index (χ1) is 6.04. The molecule has 0 aromatic rings. The van der Waals surface area contributed by atoms with E-state index in [2.05, 4.69) is 4.74 Å². The molecule has 0 amide bonds. The summed E-state index contributed by atoms with van der Waals surface area (Å²) in [5.41, 5.74) is -0.171. The summed E-state index contributed by atoms with van der Waals surface area (Å²) in [4.78, 5) is 11.1. The minimum absolute atomic E-state index is 0.0608. The van der Waals surface area contributed by atoms with Crippen molar-refractivity contribution in [2.45, 2.75) is 13.8 Å². The van der Waals surface area contributed by atoms with Crippen LogP contribution < -0.4 is 0 Å². The van der Waals surface area contributed by atoms with Crippen molar-refractivity contribution >= 4 is 11.7 Å². The Morgan fingerprint density at radius 1 is 1.54 bits per heavy atom. The van der Waals surface area contributed by atoms with E-state index in [0.717, 1.165) is 0 Å². The lowest BCUT2D eigenvalue weighted by atomic mass is 10.1. The van der Waals surface area contributed by atoms with Crippen LogP contribution in [0.25, 0.3) is 0 Å². The third-order valence-electron chi connectivity index (χ3n) is 1.35. The molecule has 0 aliphatic carbocycles. The summed E-state index contributed by atoms with van der Waals surface area (Å²) in [6.07, 6.45) is 3.01. The Hall–Kier alpha value is -1.58. The Bertz CT molecular complexity index is 273. The number of rotatable bonds is 3. The summed E-state index contributed by atoms with van der Waals surface area (Å²) in [6, 6.07) is 0. The fourth-order valence-corrected chi connectivity index (χ4v) is 0.805. The largest absolute Gasteiger partial charge is 0.512 e. The molecule has 13 heavy (non-hydrogen) atoms. The SMILES string of the molecule is C/C=C/C(=N)/C(C(=O)OC)=C(\C)O. The highest BCUT2D eigenvalue weighted by atomic mass is 16.5. The first kappa shape index (κ1) is 11.4. The van der Waals surface area contributed by atoms with E-state index >= 15 is 0 Å². The second-order valence-electron chi connectivity index (χ2n) is 2.37. The monoisotopic (exact) mass is 183 g/mol. The van der Waals surface area contributed by atoms with Crippen LogP contribution in [0.2, 0.25) is 0 Å². The van der Waals surface area contributed by atoms with Gasteiger partial charge in [0, 0.05) is 0 Å². The second kappa shape index (κ2) is 5.13. The topological polar surface area (TPSA) is 70.4 Å². The minimum Gasteiger partial charge on any atom is -0.512 e. The molecule has 0 aromatic carbocycles. The first-order valence-corrected chi connectivity index (χ1v) is 3.74. The van der Waals surface area contributed by atoms with Gasteiger partial charge in [0.2, 0.25) is 0 Å². The lowest BCUT2D eigenvalue weighted by molar-refractivity contribution is -0.135. The van der Waals surface area contributed by atoms with E-state index in [-0.39, 0.29) is 17.0 Å². The number of ether oxygens (including phenoxy) is 1. The molecule has 0 heterocycles. The molecular formula is C9H13NO3. The number of esters is 1. The Kier molecular flexibility index (Phi) is 4.51. The van der Waals surface area contributed by atoms with Crippen molar-refractivity contribution in [2.75, 3.05) is 7.11 Å². The van der Waals surface area contributed by atoms with E-state index in [1.165, 1.54) is 20.1 Å². The third kappa shape index (κ3) is 3.11. The number of nitrogens with one attached hydrogen (secondary N) is 1. The molecular weight excluding hydrogens is 170 g/mol. The molecule has 4 heteroatoms. The van der Waals surface area contributed by atoms with Crippen LogP contribution in [0.1, 0.15) is 13.8 Å². The zero-order valence-corrected chi connectivity index (χ0v) is 7.92. The van der Waals surface area contributed by atoms with Gasteiger partial charge >= 0.3 is 5.97 Å². The van der Waals surface area contributed by atoms with E-state index in [9.17, 15) is 4.79 Å². The minimum atomic E-state index is -0.705. The molecule has 0 unspecified atom stereocenters. The summed E-state index contributed by atoms with van der Waals surface area (Å²) >= 11 is 0. The van der Waals surface area contributed by atoms with Crippen molar-refractivity contribution in [1.29, 1.82) is 5.41 Å². The molecule has 0 radical (unpaired) electrons. The van der Waals surface area contributed by atoms with Crippen LogP contribution in [0.3, 0.4) is 0 Å². The van der Waals surface area contributed by atoms with Crippen LogP contribution in [0.4, 0.5) is 0 Å². The highest BCUT2D eigenvalue weighted by Gasteiger charge is 2.16. The standard InChI is InChI=1S/C9H13NO3/c1-4-5-7(10)8(6(2)11)9(12)13-3/h4-5,10-11H,1-3H3/b5-4+,8-6-,10-7?. The maximum Gasteiger partial charge on any atom is 0.343 e. The zero-order chi connectivity index (χ0) is 10.4. The molecule has 0 spiro atoms. The predicted octanol–water partition coefficient (Wildman–Crippen LogP) is 1.59.